The molecule has 0 amide bonds. The van der Waals surface area contributed by atoms with Crippen molar-refractivity contribution in [2.75, 3.05) is 32.8 Å². The van der Waals surface area contributed by atoms with E-state index in [0.717, 1.165) is 36.4 Å². The van der Waals surface area contributed by atoms with Crippen LogP contribution in [-0.2, 0) is 0 Å². The van der Waals surface area contributed by atoms with Crippen molar-refractivity contribution >= 4 is 0 Å². The maximum Gasteiger partial charge on any atom is 0.119 e. The predicted molar refractivity (Wildman–Crippen MR) is 86.2 cm³/mol. The molecule has 1 aliphatic heterocycles. The number of hydrogen-bond donors (Lipinski definition) is 1. The fourth-order valence-corrected chi connectivity index (χ4v) is 3.44. The molecule has 0 bridgehead atoms. The predicted octanol–water partition coefficient (Wildman–Crippen LogP) is 2.42. The lowest BCUT2D eigenvalue weighted by Gasteiger charge is -2.31. The second kappa shape index (κ2) is 8.28. The van der Waals surface area contributed by atoms with Crippen molar-refractivity contribution in [3.63, 3.8) is 0 Å². The van der Waals surface area contributed by atoms with Gasteiger partial charge in [0.25, 0.3) is 0 Å². The van der Waals surface area contributed by atoms with Gasteiger partial charge in [-0.05, 0) is 37.6 Å². The van der Waals surface area contributed by atoms with Gasteiger partial charge in [-0.25, -0.2) is 0 Å². The number of likely N-dealkylation sites (tertiary alicyclic amines) is 1. The molecular formula is C18H30NO2+. The Balaban J connectivity index is 1.65. The Labute approximate surface area is 129 Å². The third kappa shape index (κ3) is 5.58. The molecule has 2 rings (SSSR count). The summed E-state index contributed by atoms with van der Waals surface area (Å²) in [4.78, 5) is 1.75. The highest BCUT2D eigenvalue weighted by molar-refractivity contribution is 5.31. The van der Waals surface area contributed by atoms with Gasteiger partial charge in [0.2, 0.25) is 0 Å². The summed E-state index contributed by atoms with van der Waals surface area (Å²) in [5.41, 5.74) is 0. The van der Waals surface area contributed by atoms with Crippen LogP contribution in [0.15, 0.2) is 24.3 Å². The normalized spacial score (nSPS) is 25.6. The van der Waals surface area contributed by atoms with Crippen LogP contribution in [0, 0.1) is 11.8 Å². The molecule has 1 aromatic rings. The number of piperidine rings is 1. The topological polar surface area (TPSA) is 22.9 Å². The largest absolute Gasteiger partial charge is 0.494 e. The van der Waals surface area contributed by atoms with Crippen molar-refractivity contribution in [1.29, 1.82) is 0 Å². The standard InChI is InChI=1S/C18H29NO2/c1-4-20-17-6-8-18(9-7-17)21-11-5-10-19-13-15(2)12-16(3)14-19/h6-9,15-16H,4-5,10-14H2,1-3H3/p+1/t15-,16+. The molecule has 0 spiro atoms. The molecule has 118 valence electrons. The summed E-state index contributed by atoms with van der Waals surface area (Å²) in [5, 5.41) is 0. The summed E-state index contributed by atoms with van der Waals surface area (Å²) in [6.45, 7) is 12.1. The molecule has 1 saturated heterocycles. The molecule has 1 aliphatic rings. The van der Waals surface area contributed by atoms with Gasteiger partial charge in [0.1, 0.15) is 11.5 Å². The number of quaternary nitrogens is 1. The van der Waals surface area contributed by atoms with Crippen molar-refractivity contribution < 1.29 is 14.4 Å². The van der Waals surface area contributed by atoms with Crippen molar-refractivity contribution in [3.05, 3.63) is 24.3 Å². The van der Waals surface area contributed by atoms with E-state index < -0.39 is 0 Å². The number of hydrogen-bond acceptors (Lipinski definition) is 2. The lowest BCUT2D eigenvalue weighted by Crippen LogP contribution is -3.14. The van der Waals surface area contributed by atoms with Gasteiger partial charge in [0.15, 0.2) is 0 Å². The monoisotopic (exact) mass is 292 g/mol. The van der Waals surface area contributed by atoms with Gasteiger partial charge < -0.3 is 14.4 Å². The molecular weight excluding hydrogens is 262 g/mol. The van der Waals surface area contributed by atoms with E-state index >= 15 is 0 Å². The molecule has 3 nitrogen and oxygen atoms in total. The van der Waals surface area contributed by atoms with E-state index in [1.54, 1.807) is 4.90 Å². The van der Waals surface area contributed by atoms with E-state index in [0.29, 0.717) is 6.61 Å². The maximum absolute atomic E-state index is 5.81. The van der Waals surface area contributed by atoms with Crippen LogP contribution >= 0.6 is 0 Å². The minimum atomic E-state index is 0.704. The van der Waals surface area contributed by atoms with Gasteiger partial charge in [-0.3, -0.25) is 0 Å². The average Bonchev–Trinajstić information content (AvgIpc) is 2.45. The number of benzene rings is 1. The third-order valence-electron chi connectivity index (χ3n) is 4.16. The molecule has 0 saturated carbocycles. The zero-order valence-electron chi connectivity index (χ0n) is 13.7. The van der Waals surface area contributed by atoms with Crippen LogP contribution in [0.1, 0.15) is 33.6 Å². The first-order valence-corrected chi connectivity index (χ1v) is 8.36. The van der Waals surface area contributed by atoms with Gasteiger partial charge in [-0.1, -0.05) is 13.8 Å². The van der Waals surface area contributed by atoms with E-state index in [-0.39, 0.29) is 0 Å². The molecule has 1 unspecified atom stereocenters. The van der Waals surface area contributed by atoms with Crippen LogP contribution in [0.5, 0.6) is 11.5 Å². The highest BCUT2D eigenvalue weighted by Crippen LogP contribution is 2.17. The van der Waals surface area contributed by atoms with Crippen LogP contribution in [0.2, 0.25) is 0 Å². The Hall–Kier alpha value is -1.22. The van der Waals surface area contributed by atoms with E-state index in [2.05, 4.69) is 13.8 Å². The highest BCUT2D eigenvalue weighted by Gasteiger charge is 2.24. The molecule has 0 aromatic heterocycles. The zero-order valence-corrected chi connectivity index (χ0v) is 13.7. The second-order valence-electron chi connectivity index (χ2n) is 6.46. The van der Waals surface area contributed by atoms with E-state index in [1.165, 1.54) is 26.1 Å². The zero-order chi connectivity index (χ0) is 15.1. The molecule has 1 N–H and O–H groups in total. The van der Waals surface area contributed by atoms with Crippen LogP contribution < -0.4 is 14.4 Å². The molecule has 3 atom stereocenters. The van der Waals surface area contributed by atoms with E-state index in [4.69, 9.17) is 9.47 Å². The van der Waals surface area contributed by atoms with Crippen LogP contribution in [0.25, 0.3) is 0 Å². The molecule has 1 aromatic carbocycles. The molecule has 1 heterocycles. The summed E-state index contributed by atoms with van der Waals surface area (Å²) in [7, 11) is 0. The molecule has 3 heteroatoms. The van der Waals surface area contributed by atoms with Gasteiger partial charge in [0.05, 0.1) is 32.8 Å². The highest BCUT2D eigenvalue weighted by atomic mass is 16.5. The van der Waals surface area contributed by atoms with Gasteiger partial charge >= 0.3 is 0 Å². The SMILES string of the molecule is CCOc1ccc(OCCC[NH+]2C[C@H](C)C[C@H](C)C2)cc1. The van der Waals surface area contributed by atoms with Gasteiger partial charge in [-0.2, -0.15) is 0 Å². The molecule has 1 fully saturated rings. The quantitative estimate of drug-likeness (QED) is 0.780. The van der Waals surface area contributed by atoms with Gasteiger partial charge in [0, 0.05) is 18.3 Å². The Morgan fingerprint density at radius 2 is 1.57 bits per heavy atom. The third-order valence-corrected chi connectivity index (χ3v) is 4.16. The summed E-state index contributed by atoms with van der Waals surface area (Å²) < 4.78 is 11.2. The van der Waals surface area contributed by atoms with Crippen molar-refractivity contribution in [2.24, 2.45) is 11.8 Å². The Morgan fingerprint density at radius 3 is 2.14 bits per heavy atom. The number of nitrogens with one attached hydrogen (secondary N) is 1. The van der Waals surface area contributed by atoms with Crippen LogP contribution in [-0.4, -0.2) is 32.8 Å². The molecule has 0 radical (unpaired) electrons. The lowest BCUT2D eigenvalue weighted by molar-refractivity contribution is -0.912. The first-order valence-electron chi connectivity index (χ1n) is 8.36. The smallest absolute Gasteiger partial charge is 0.119 e. The molecule has 21 heavy (non-hydrogen) atoms. The Bertz CT molecular complexity index is 394. The van der Waals surface area contributed by atoms with Crippen LogP contribution in [0.4, 0.5) is 0 Å². The minimum absolute atomic E-state index is 0.704. The number of ether oxygens (including phenoxy) is 2. The first-order chi connectivity index (χ1) is 10.2. The van der Waals surface area contributed by atoms with Crippen molar-refractivity contribution in [3.8, 4) is 11.5 Å². The van der Waals surface area contributed by atoms with Gasteiger partial charge in [-0.15, -0.1) is 0 Å². The second-order valence-corrected chi connectivity index (χ2v) is 6.46. The van der Waals surface area contributed by atoms with E-state index in [9.17, 15) is 0 Å². The summed E-state index contributed by atoms with van der Waals surface area (Å²) in [5.74, 6) is 3.59. The Morgan fingerprint density at radius 1 is 1.00 bits per heavy atom. The fourth-order valence-electron chi connectivity index (χ4n) is 3.44. The first kappa shape index (κ1) is 16.2. The maximum atomic E-state index is 5.81. The van der Waals surface area contributed by atoms with Crippen molar-refractivity contribution in [1.82, 2.24) is 0 Å². The minimum Gasteiger partial charge on any atom is -0.494 e. The van der Waals surface area contributed by atoms with Crippen molar-refractivity contribution in [2.45, 2.75) is 33.6 Å². The van der Waals surface area contributed by atoms with E-state index in [1.807, 2.05) is 31.2 Å². The summed E-state index contributed by atoms with van der Waals surface area (Å²) >= 11 is 0. The summed E-state index contributed by atoms with van der Waals surface area (Å²) in [6.07, 6.45) is 2.52. The fraction of sp³-hybridized carbons (Fsp3) is 0.667. The summed E-state index contributed by atoms with van der Waals surface area (Å²) in [6, 6.07) is 7.92. The number of rotatable bonds is 7. The Kier molecular flexibility index (Phi) is 6.37. The van der Waals surface area contributed by atoms with Crippen LogP contribution in [0.3, 0.4) is 0 Å². The average molecular weight is 292 g/mol. The lowest BCUT2D eigenvalue weighted by atomic mass is 9.92. The molecule has 0 aliphatic carbocycles.